The molecule has 0 aromatic heterocycles. The first-order valence-electron chi connectivity index (χ1n) is 7.65. The molecule has 0 radical (unpaired) electrons. The van der Waals surface area contributed by atoms with Gasteiger partial charge >= 0.3 is 0 Å². The van der Waals surface area contributed by atoms with Gasteiger partial charge in [-0.1, -0.05) is 26.7 Å². The molecule has 2 fully saturated rings. The Balaban J connectivity index is 1.99. The number of carbonyl (C=O) groups is 2. The van der Waals surface area contributed by atoms with Crippen LogP contribution in [0.2, 0.25) is 0 Å². The summed E-state index contributed by atoms with van der Waals surface area (Å²) in [6, 6.07) is -0.127. The van der Waals surface area contributed by atoms with E-state index in [9.17, 15) is 9.59 Å². The van der Waals surface area contributed by atoms with Gasteiger partial charge in [0.05, 0.1) is 19.1 Å². The van der Waals surface area contributed by atoms with Crippen LogP contribution in [0.4, 0.5) is 0 Å². The van der Waals surface area contributed by atoms with Gasteiger partial charge in [-0.25, -0.2) is 0 Å². The highest BCUT2D eigenvalue weighted by Crippen LogP contribution is 2.28. The summed E-state index contributed by atoms with van der Waals surface area (Å²) in [4.78, 5) is 26.1. The highest BCUT2D eigenvalue weighted by atomic mass is 16.5. The number of nitrogens with zero attached hydrogens (tertiary/aromatic N) is 1. The lowest BCUT2D eigenvalue weighted by Crippen LogP contribution is -2.49. The molecule has 1 saturated carbocycles. The smallest absolute Gasteiger partial charge is 0.247 e. The second-order valence-corrected chi connectivity index (χ2v) is 6.27. The average Bonchev–Trinajstić information content (AvgIpc) is 2.98. The fourth-order valence-electron chi connectivity index (χ4n) is 3.20. The van der Waals surface area contributed by atoms with Crippen LogP contribution >= 0.6 is 0 Å². The second-order valence-electron chi connectivity index (χ2n) is 6.27. The van der Waals surface area contributed by atoms with E-state index in [4.69, 9.17) is 4.74 Å². The molecule has 20 heavy (non-hydrogen) atoms. The van der Waals surface area contributed by atoms with Crippen LogP contribution < -0.4 is 5.32 Å². The molecule has 114 valence electrons. The molecule has 2 unspecified atom stereocenters. The number of nitrogens with one attached hydrogen (secondary N) is 1. The maximum absolute atomic E-state index is 12.5. The quantitative estimate of drug-likeness (QED) is 0.746. The van der Waals surface area contributed by atoms with E-state index in [1.807, 2.05) is 0 Å². The van der Waals surface area contributed by atoms with E-state index in [-0.39, 0.29) is 29.9 Å². The zero-order chi connectivity index (χ0) is 14.7. The lowest BCUT2D eigenvalue weighted by molar-refractivity contribution is -0.141. The molecule has 0 bridgehead atoms. The average molecular weight is 282 g/mol. The number of rotatable bonds is 6. The van der Waals surface area contributed by atoms with E-state index in [2.05, 4.69) is 19.2 Å². The molecule has 0 aromatic rings. The van der Waals surface area contributed by atoms with E-state index >= 15 is 0 Å². The van der Waals surface area contributed by atoms with Gasteiger partial charge in [-0.3, -0.25) is 14.5 Å². The summed E-state index contributed by atoms with van der Waals surface area (Å²) in [5.41, 5.74) is 0. The third-order valence-corrected chi connectivity index (χ3v) is 4.44. The van der Waals surface area contributed by atoms with E-state index in [0.29, 0.717) is 18.9 Å². The lowest BCUT2D eigenvalue weighted by Gasteiger charge is -2.26. The SMILES string of the molecule is COCC(NC1CC(=O)N(C2CCCC2)C1=O)C(C)C. The van der Waals surface area contributed by atoms with Crippen molar-refractivity contribution in [3.05, 3.63) is 0 Å². The van der Waals surface area contributed by atoms with Crippen molar-refractivity contribution in [2.24, 2.45) is 5.92 Å². The monoisotopic (exact) mass is 282 g/mol. The molecule has 1 N–H and O–H groups in total. The number of ether oxygens (including phenoxy) is 1. The molecule has 2 rings (SSSR count). The van der Waals surface area contributed by atoms with E-state index in [1.165, 1.54) is 4.90 Å². The number of amides is 2. The Labute approximate surface area is 121 Å². The summed E-state index contributed by atoms with van der Waals surface area (Å²) in [5.74, 6) is 0.307. The maximum atomic E-state index is 12.5. The van der Waals surface area contributed by atoms with Crippen LogP contribution in [0.3, 0.4) is 0 Å². The minimum absolute atomic E-state index is 0.0145. The predicted molar refractivity (Wildman–Crippen MR) is 76.2 cm³/mol. The van der Waals surface area contributed by atoms with Gasteiger partial charge in [0.15, 0.2) is 0 Å². The van der Waals surface area contributed by atoms with Gasteiger partial charge in [0.1, 0.15) is 0 Å². The van der Waals surface area contributed by atoms with Gasteiger partial charge in [0.2, 0.25) is 11.8 Å². The minimum Gasteiger partial charge on any atom is -0.383 e. The van der Waals surface area contributed by atoms with E-state index in [1.54, 1.807) is 7.11 Å². The number of imide groups is 1. The highest BCUT2D eigenvalue weighted by Gasteiger charge is 2.43. The van der Waals surface area contributed by atoms with Crippen LogP contribution in [0, 0.1) is 5.92 Å². The number of methoxy groups -OCH3 is 1. The van der Waals surface area contributed by atoms with Crippen LogP contribution in [-0.2, 0) is 14.3 Å². The summed E-state index contributed by atoms with van der Waals surface area (Å²) in [6.45, 7) is 4.73. The molecule has 2 atom stereocenters. The van der Waals surface area contributed by atoms with Crippen molar-refractivity contribution in [2.45, 2.75) is 64.1 Å². The lowest BCUT2D eigenvalue weighted by atomic mass is 10.0. The van der Waals surface area contributed by atoms with Crippen LogP contribution in [0.1, 0.15) is 46.0 Å². The first kappa shape index (κ1) is 15.4. The normalized spacial score (nSPS) is 26.0. The van der Waals surface area contributed by atoms with Gasteiger partial charge < -0.3 is 10.1 Å². The Morgan fingerprint density at radius 3 is 2.50 bits per heavy atom. The van der Waals surface area contributed by atoms with E-state index < -0.39 is 0 Å². The number of hydrogen-bond donors (Lipinski definition) is 1. The molecular weight excluding hydrogens is 256 g/mol. The molecule has 5 heteroatoms. The molecule has 1 aliphatic heterocycles. The Bertz CT molecular complexity index is 364. The van der Waals surface area contributed by atoms with Crippen molar-refractivity contribution in [1.29, 1.82) is 0 Å². The first-order chi connectivity index (χ1) is 9.54. The van der Waals surface area contributed by atoms with Crippen molar-refractivity contribution in [3.8, 4) is 0 Å². The molecule has 1 saturated heterocycles. The van der Waals surface area contributed by atoms with Crippen molar-refractivity contribution >= 4 is 11.8 Å². The number of hydrogen-bond acceptors (Lipinski definition) is 4. The van der Waals surface area contributed by atoms with Crippen LogP contribution in [0.15, 0.2) is 0 Å². The fraction of sp³-hybridized carbons (Fsp3) is 0.867. The third-order valence-electron chi connectivity index (χ3n) is 4.44. The van der Waals surface area contributed by atoms with Gasteiger partial charge in [0, 0.05) is 19.2 Å². The third kappa shape index (κ3) is 3.20. The molecular formula is C15H26N2O3. The van der Waals surface area contributed by atoms with Crippen molar-refractivity contribution < 1.29 is 14.3 Å². The molecule has 5 nitrogen and oxygen atoms in total. The molecule has 1 aliphatic carbocycles. The molecule has 2 aliphatic rings. The molecule has 1 heterocycles. The number of carbonyl (C=O) groups excluding carboxylic acids is 2. The van der Waals surface area contributed by atoms with Crippen LogP contribution in [0.25, 0.3) is 0 Å². The maximum Gasteiger partial charge on any atom is 0.247 e. The summed E-state index contributed by atoms with van der Waals surface area (Å²) in [6.07, 6.45) is 4.48. The summed E-state index contributed by atoms with van der Waals surface area (Å²) in [5, 5.41) is 3.31. The highest BCUT2D eigenvalue weighted by molar-refractivity contribution is 6.05. The van der Waals surface area contributed by atoms with Gasteiger partial charge in [-0.15, -0.1) is 0 Å². The van der Waals surface area contributed by atoms with Gasteiger partial charge in [0.25, 0.3) is 0 Å². The Kier molecular flexibility index (Phi) is 5.16. The summed E-state index contributed by atoms with van der Waals surface area (Å²) < 4.78 is 5.19. The topological polar surface area (TPSA) is 58.6 Å². The van der Waals surface area contributed by atoms with Crippen molar-refractivity contribution in [1.82, 2.24) is 10.2 Å². The molecule has 0 spiro atoms. The number of likely N-dealkylation sites (tertiary alicyclic amines) is 1. The minimum atomic E-state index is -0.370. The molecule has 0 aromatic carbocycles. The summed E-state index contributed by atoms with van der Waals surface area (Å²) >= 11 is 0. The Hall–Kier alpha value is -0.940. The van der Waals surface area contributed by atoms with Gasteiger partial charge in [-0.2, -0.15) is 0 Å². The fourth-order valence-corrected chi connectivity index (χ4v) is 3.20. The Morgan fingerprint density at radius 1 is 1.30 bits per heavy atom. The first-order valence-corrected chi connectivity index (χ1v) is 7.65. The second kappa shape index (κ2) is 6.68. The largest absolute Gasteiger partial charge is 0.383 e. The van der Waals surface area contributed by atoms with Gasteiger partial charge in [-0.05, 0) is 18.8 Å². The van der Waals surface area contributed by atoms with Crippen LogP contribution in [0.5, 0.6) is 0 Å². The van der Waals surface area contributed by atoms with Crippen LogP contribution in [-0.4, -0.2) is 48.6 Å². The zero-order valence-corrected chi connectivity index (χ0v) is 12.7. The van der Waals surface area contributed by atoms with E-state index in [0.717, 1.165) is 25.7 Å². The van der Waals surface area contributed by atoms with Crippen molar-refractivity contribution in [3.63, 3.8) is 0 Å². The predicted octanol–water partition coefficient (Wildman–Crippen LogP) is 1.32. The van der Waals surface area contributed by atoms with Crippen molar-refractivity contribution in [2.75, 3.05) is 13.7 Å². The Morgan fingerprint density at radius 2 is 1.95 bits per heavy atom. The summed E-state index contributed by atoms with van der Waals surface area (Å²) in [7, 11) is 1.66. The molecule has 2 amide bonds. The standard InChI is InChI=1S/C15H26N2O3/c1-10(2)13(9-20-3)16-12-8-14(18)17(15(12)19)11-6-4-5-7-11/h10-13,16H,4-9H2,1-3H3. The zero-order valence-electron chi connectivity index (χ0n) is 12.7.